The van der Waals surface area contributed by atoms with Crippen molar-refractivity contribution in [3.05, 3.63) is 0 Å². The first-order chi connectivity index (χ1) is 6.23. The molecule has 0 radical (unpaired) electrons. The Morgan fingerprint density at radius 1 is 1.13 bits per heavy atom. The minimum atomic E-state index is -5.00. The Balaban J connectivity index is 0.00000196. The Morgan fingerprint density at radius 3 is 1.80 bits per heavy atom. The van der Waals surface area contributed by atoms with Crippen LogP contribution in [0.2, 0.25) is 0 Å². The summed E-state index contributed by atoms with van der Waals surface area (Å²) in [7, 11) is -9.81. The SMILES string of the molecule is O.O=P([O-])(O)[C@@H]([NH+]1CCCC1)P(=O)(O)O. The molecule has 0 aromatic rings. The van der Waals surface area contributed by atoms with E-state index in [-0.39, 0.29) is 10.4 Å². The summed E-state index contributed by atoms with van der Waals surface area (Å²) < 4.78 is 21.7. The van der Waals surface area contributed by atoms with E-state index < -0.39 is 20.7 Å². The first-order valence-electron chi connectivity index (χ1n) is 4.16. The lowest BCUT2D eigenvalue weighted by molar-refractivity contribution is -0.889. The van der Waals surface area contributed by atoms with Crippen LogP contribution in [0, 0.1) is 0 Å². The van der Waals surface area contributed by atoms with Crippen LogP contribution in [0.4, 0.5) is 0 Å². The Kier molecular flexibility index (Phi) is 5.11. The van der Waals surface area contributed by atoms with Crippen LogP contribution in [-0.4, -0.2) is 38.8 Å². The normalized spacial score (nSPS) is 24.3. The first-order valence-corrected chi connectivity index (χ1v) is 7.49. The van der Waals surface area contributed by atoms with Crippen molar-refractivity contribution in [2.75, 3.05) is 13.1 Å². The van der Waals surface area contributed by atoms with Gasteiger partial charge in [0.25, 0.3) is 5.52 Å². The molecule has 92 valence electrons. The van der Waals surface area contributed by atoms with Crippen LogP contribution >= 0.6 is 15.2 Å². The zero-order valence-corrected chi connectivity index (χ0v) is 9.66. The van der Waals surface area contributed by atoms with Crippen molar-refractivity contribution in [1.29, 1.82) is 0 Å². The summed E-state index contributed by atoms with van der Waals surface area (Å²) in [5.41, 5.74) is -1.99. The maximum absolute atomic E-state index is 10.9. The fourth-order valence-electron chi connectivity index (χ4n) is 1.75. The van der Waals surface area contributed by atoms with Crippen molar-refractivity contribution in [2.45, 2.75) is 18.4 Å². The van der Waals surface area contributed by atoms with Crippen LogP contribution in [0.3, 0.4) is 0 Å². The van der Waals surface area contributed by atoms with Gasteiger partial charge in [0.2, 0.25) is 7.60 Å². The zero-order chi connectivity index (χ0) is 11.0. The van der Waals surface area contributed by atoms with Gasteiger partial charge in [-0.1, -0.05) is 0 Å². The molecule has 1 rings (SSSR count). The highest BCUT2D eigenvalue weighted by Crippen LogP contribution is 2.54. The molecule has 1 unspecified atom stereocenters. The lowest BCUT2D eigenvalue weighted by Crippen LogP contribution is -3.13. The molecule has 0 aliphatic carbocycles. The van der Waals surface area contributed by atoms with E-state index in [4.69, 9.17) is 14.7 Å². The summed E-state index contributed by atoms with van der Waals surface area (Å²) in [6.45, 7) is 0.727. The van der Waals surface area contributed by atoms with E-state index >= 15 is 0 Å². The van der Waals surface area contributed by atoms with E-state index in [0.29, 0.717) is 25.9 Å². The summed E-state index contributed by atoms with van der Waals surface area (Å²) in [6, 6.07) is 0. The average molecular weight is 263 g/mol. The van der Waals surface area contributed by atoms with Crippen LogP contribution < -0.4 is 9.79 Å². The molecule has 1 fully saturated rings. The number of likely N-dealkylation sites (tertiary alicyclic amines) is 1. The minimum Gasteiger partial charge on any atom is -0.774 e. The summed E-state index contributed by atoms with van der Waals surface area (Å²) in [5.74, 6) is 0. The second-order valence-electron chi connectivity index (χ2n) is 3.39. The van der Waals surface area contributed by atoms with E-state index in [2.05, 4.69) is 0 Å². The maximum Gasteiger partial charge on any atom is 0.391 e. The van der Waals surface area contributed by atoms with Gasteiger partial charge in [-0.2, -0.15) is 0 Å². The van der Waals surface area contributed by atoms with Crippen molar-refractivity contribution < 1.29 is 39.1 Å². The summed E-state index contributed by atoms with van der Waals surface area (Å²) in [4.78, 5) is 37.5. The predicted molar refractivity (Wildman–Crippen MR) is 49.2 cm³/mol. The van der Waals surface area contributed by atoms with Crippen molar-refractivity contribution in [1.82, 2.24) is 0 Å². The average Bonchev–Trinajstić information content (AvgIpc) is 2.31. The Bertz CT molecular complexity index is 268. The molecular weight excluding hydrogens is 248 g/mol. The highest BCUT2D eigenvalue weighted by atomic mass is 31.2. The molecule has 0 aromatic heterocycles. The Hall–Kier alpha value is 0.220. The van der Waals surface area contributed by atoms with Crippen molar-refractivity contribution >= 4 is 15.2 Å². The molecule has 2 atom stereocenters. The van der Waals surface area contributed by atoms with E-state index in [0.717, 1.165) is 0 Å². The molecule has 1 saturated heterocycles. The topological polar surface area (TPSA) is 154 Å². The quantitative estimate of drug-likeness (QED) is 0.394. The number of hydrogen-bond acceptors (Lipinski definition) is 3. The molecule has 1 heterocycles. The fourth-order valence-corrected chi connectivity index (χ4v) is 4.72. The second kappa shape index (κ2) is 5.03. The van der Waals surface area contributed by atoms with Crippen LogP contribution in [0.15, 0.2) is 0 Å². The number of nitrogens with one attached hydrogen (secondary N) is 1. The van der Waals surface area contributed by atoms with Gasteiger partial charge in [0, 0.05) is 12.8 Å². The zero-order valence-electron chi connectivity index (χ0n) is 7.87. The molecular formula is C5H15NO7P2. The van der Waals surface area contributed by atoms with Gasteiger partial charge in [-0.3, -0.25) is 4.57 Å². The number of rotatable bonds is 3. The van der Waals surface area contributed by atoms with E-state index in [1.165, 1.54) is 0 Å². The molecule has 10 heteroatoms. The van der Waals surface area contributed by atoms with Crippen molar-refractivity contribution in [3.8, 4) is 0 Å². The third-order valence-corrected chi connectivity index (χ3v) is 6.00. The standard InChI is InChI=1S/C5H13NO6P2.H2O/c7-13(8,9)5(14(10,11)12)6-3-1-2-4-6;/h5H,1-4H2,(H2,7,8,9)(H2,10,11,12);1H2. The molecule has 15 heavy (non-hydrogen) atoms. The predicted octanol–water partition coefficient (Wildman–Crippen LogP) is -3.15. The lowest BCUT2D eigenvalue weighted by atomic mass is 10.4. The van der Waals surface area contributed by atoms with Crippen molar-refractivity contribution in [2.24, 2.45) is 0 Å². The van der Waals surface area contributed by atoms with Gasteiger partial charge < -0.3 is 34.5 Å². The smallest absolute Gasteiger partial charge is 0.391 e. The number of quaternary nitrogens is 1. The van der Waals surface area contributed by atoms with Crippen LogP contribution in [-0.2, 0) is 9.13 Å². The first kappa shape index (κ1) is 15.2. The second-order valence-corrected chi connectivity index (χ2v) is 7.14. The van der Waals surface area contributed by atoms with Gasteiger partial charge >= 0.3 is 7.60 Å². The third kappa shape index (κ3) is 3.94. The fraction of sp³-hybridized carbons (Fsp3) is 1.00. The largest absolute Gasteiger partial charge is 0.774 e. The molecule has 0 bridgehead atoms. The molecule has 8 nitrogen and oxygen atoms in total. The van der Waals surface area contributed by atoms with E-state index in [1.54, 1.807) is 0 Å². The molecule has 0 saturated carbocycles. The molecule has 1 aliphatic heterocycles. The monoisotopic (exact) mass is 263 g/mol. The van der Waals surface area contributed by atoms with E-state index in [1.807, 2.05) is 0 Å². The van der Waals surface area contributed by atoms with Gasteiger partial charge in [-0.05, 0) is 0 Å². The summed E-state index contributed by atoms with van der Waals surface area (Å²) in [6.07, 6.45) is 1.43. The van der Waals surface area contributed by atoms with Crippen molar-refractivity contribution in [3.63, 3.8) is 0 Å². The summed E-state index contributed by atoms with van der Waals surface area (Å²) in [5, 5.41) is 0. The lowest BCUT2D eigenvalue weighted by Gasteiger charge is -2.31. The third-order valence-electron chi connectivity index (χ3n) is 2.24. The maximum atomic E-state index is 10.9. The van der Waals surface area contributed by atoms with Crippen LogP contribution in [0.1, 0.15) is 12.8 Å². The minimum absolute atomic E-state index is 0. The van der Waals surface area contributed by atoms with Gasteiger partial charge in [-0.25, -0.2) is 0 Å². The Morgan fingerprint density at radius 2 is 1.53 bits per heavy atom. The summed E-state index contributed by atoms with van der Waals surface area (Å²) >= 11 is 0. The Labute approximate surface area is 86.5 Å². The highest BCUT2D eigenvalue weighted by Gasteiger charge is 2.46. The van der Waals surface area contributed by atoms with Crippen LogP contribution in [0.25, 0.3) is 0 Å². The van der Waals surface area contributed by atoms with Gasteiger partial charge in [0.1, 0.15) is 0 Å². The molecule has 6 N–H and O–H groups in total. The van der Waals surface area contributed by atoms with Crippen LogP contribution in [0.5, 0.6) is 0 Å². The van der Waals surface area contributed by atoms with Gasteiger partial charge in [0.15, 0.2) is 0 Å². The molecule has 0 amide bonds. The molecule has 0 spiro atoms. The number of hydrogen-bond donors (Lipinski definition) is 4. The van der Waals surface area contributed by atoms with Gasteiger partial charge in [-0.15, -0.1) is 0 Å². The van der Waals surface area contributed by atoms with Gasteiger partial charge in [0.05, 0.1) is 13.1 Å². The molecule has 0 aromatic carbocycles. The van der Waals surface area contributed by atoms with E-state index in [9.17, 15) is 14.0 Å². The highest BCUT2D eigenvalue weighted by molar-refractivity contribution is 7.69. The molecule has 1 aliphatic rings.